The number of thiazole rings is 1. The van der Waals surface area contributed by atoms with Crippen LogP contribution in [0, 0.1) is 5.82 Å². The van der Waals surface area contributed by atoms with Crippen molar-refractivity contribution in [1.82, 2.24) is 9.97 Å². The van der Waals surface area contributed by atoms with Crippen molar-refractivity contribution >= 4 is 38.3 Å². The first-order valence-corrected chi connectivity index (χ1v) is 12.6. The van der Waals surface area contributed by atoms with Gasteiger partial charge in [0.15, 0.2) is 5.13 Å². The van der Waals surface area contributed by atoms with Gasteiger partial charge < -0.3 is 9.45 Å². The van der Waals surface area contributed by atoms with Gasteiger partial charge in [0.05, 0.1) is 32.2 Å². The van der Waals surface area contributed by atoms with Crippen LogP contribution in [0.1, 0.15) is 28.8 Å². The van der Waals surface area contributed by atoms with Gasteiger partial charge in [-0.3, -0.25) is 10.1 Å². The Morgan fingerprint density at radius 3 is 2.44 bits per heavy atom. The molecule has 15 heteroatoms. The van der Waals surface area contributed by atoms with Crippen molar-refractivity contribution < 1.29 is 64.9 Å². The number of halogens is 4. The number of anilines is 2. The molecule has 2 aromatic heterocycles. The van der Waals surface area contributed by atoms with Crippen molar-refractivity contribution in [2.75, 3.05) is 23.3 Å². The van der Waals surface area contributed by atoms with Crippen LogP contribution in [0.25, 0.3) is 11.3 Å². The van der Waals surface area contributed by atoms with E-state index in [1.807, 2.05) is 0 Å². The first kappa shape index (κ1) is 28.5. The molecule has 4 rings (SSSR count). The van der Waals surface area contributed by atoms with E-state index < -0.39 is 38.8 Å². The standard InChI is InChI=1S/C21H18F4N4O4S2.Na/c22-18-14(2-1-3-15(18)21(23,24)25)16-11-34-20(27-16)28-19(30)12-4-5-17(26-10-12)29-8-6-13(7-9-29)35(31,32)33;/h1-5,10-11,13H,6-9H2,(H,27,28,30)(H,31,32,33);/q;+1/p-1. The molecule has 1 N–H and O–H groups in total. The molecule has 1 saturated heterocycles. The predicted octanol–water partition coefficient (Wildman–Crippen LogP) is 1.13. The molecule has 0 atom stereocenters. The van der Waals surface area contributed by atoms with Crippen LogP contribution in [0.5, 0.6) is 0 Å². The molecule has 186 valence electrons. The SMILES string of the molecule is O=C(Nc1nc(-c2cccc(C(F)(F)F)c2F)cs1)c1ccc(N2CCC(S(=O)(=O)[O-])CC2)nc1.[Na+]. The minimum atomic E-state index is -4.85. The van der Waals surface area contributed by atoms with E-state index in [4.69, 9.17) is 0 Å². The first-order valence-electron chi connectivity index (χ1n) is 10.2. The van der Waals surface area contributed by atoms with Gasteiger partial charge in [-0.25, -0.2) is 22.8 Å². The Balaban J connectivity index is 0.00000361. The fourth-order valence-electron chi connectivity index (χ4n) is 3.65. The number of benzene rings is 1. The predicted molar refractivity (Wildman–Crippen MR) is 120 cm³/mol. The fraction of sp³-hybridized carbons (Fsp3) is 0.286. The zero-order valence-electron chi connectivity index (χ0n) is 18.8. The Morgan fingerprint density at radius 2 is 1.86 bits per heavy atom. The van der Waals surface area contributed by atoms with Crippen molar-refractivity contribution in [3.05, 3.63) is 58.9 Å². The smallest absolute Gasteiger partial charge is 0.748 e. The van der Waals surface area contributed by atoms with Crippen molar-refractivity contribution in [3.8, 4) is 11.3 Å². The Hall–Kier alpha value is -2.10. The van der Waals surface area contributed by atoms with Crippen LogP contribution in [0.3, 0.4) is 0 Å². The van der Waals surface area contributed by atoms with Crippen molar-refractivity contribution in [2.45, 2.75) is 24.3 Å². The van der Waals surface area contributed by atoms with Gasteiger partial charge in [-0.15, -0.1) is 11.3 Å². The minimum Gasteiger partial charge on any atom is -0.748 e. The summed E-state index contributed by atoms with van der Waals surface area (Å²) in [4.78, 5) is 22.6. The van der Waals surface area contributed by atoms with Gasteiger partial charge >= 0.3 is 35.7 Å². The summed E-state index contributed by atoms with van der Waals surface area (Å²) in [5.74, 6) is -1.51. The van der Waals surface area contributed by atoms with E-state index in [-0.39, 0.29) is 64.4 Å². The molecule has 0 aliphatic carbocycles. The van der Waals surface area contributed by atoms with Crippen LogP contribution in [-0.4, -0.2) is 47.2 Å². The van der Waals surface area contributed by atoms with Crippen molar-refractivity contribution in [2.24, 2.45) is 0 Å². The van der Waals surface area contributed by atoms with Crippen LogP contribution < -0.4 is 39.8 Å². The molecule has 1 amide bonds. The van der Waals surface area contributed by atoms with E-state index in [2.05, 4.69) is 15.3 Å². The third kappa shape index (κ3) is 6.42. The molecule has 1 aliphatic heterocycles. The summed E-state index contributed by atoms with van der Waals surface area (Å²) in [6.07, 6.45) is -3.17. The Kier molecular flexibility index (Phi) is 8.78. The van der Waals surface area contributed by atoms with E-state index >= 15 is 0 Å². The molecule has 36 heavy (non-hydrogen) atoms. The number of nitrogens with zero attached hydrogens (tertiary/aromatic N) is 3. The van der Waals surface area contributed by atoms with E-state index in [1.54, 1.807) is 11.0 Å². The number of rotatable bonds is 5. The minimum absolute atomic E-state index is 0. The molecular formula is C21H17F4N4NaO4S2. The summed E-state index contributed by atoms with van der Waals surface area (Å²) in [6, 6.07) is 5.96. The number of pyridine rings is 1. The van der Waals surface area contributed by atoms with E-state index in [0.717, 1.165) is 17.4 Å². The van der Waals surface area contributed by atoms with Crippen LogP contribution >= 0.6 is 11.3 Å². The molecule has 1 aliphatic rings. The first-order chi connectivity index (χ1) is 16.4. The summed E-state index contributed by atoms with van der Waals surface area (Å²) >= 11 is 0.923. The summed E-state index contributed by atoms with van der Waals surface area (Å²) in [6.45, 7) is 0.664. The number of hydrogen-bond donors (Lipinski definition) is 1. The van der Waals surface area contributed by atoms with Gasteiger partial charge in [-0.05, 0) is 37.1 Å². The third-order valence-electron chi connectivity index (χ3n) is 5.49. The van der Waals surface area contributed by atoms with Gasteiger partial charge in [0, 0.05) is 30.2 Å². The molecule has 0 spiro atoms. The molecule has 0 radical (unpaired) electrons. The quantitative estimate of drug-likeness (QED) is 0.287. The monoisotopic (exact) mass is 552 g/mol. The van der Waals surface area contributed by atoms with Crippen molar-refractivity contribution in [1.29, 1.82) is 0 Å². The van der Waals surface area contributed by atoms with Gasteiger partial charge in [-0.1, -0.05) is 6.07 Å². The van der Waals surface area contributed by atoms with Crippen LogP contribution in [-0.2, 0) is 16.3 Å². The van der Waals surface area contributed by atoms with Crippen LogP contribution in [0.2, 0.25) is 0 Å². The topological polar surface area (TPSA) is 115 Å². The normalized spacial score (nSPS) is 14.9. The van der Waals surface area contributed by atoms with Crippen LogP contribution in [0.4, 0.5) is 28.5 Å². The fourth-order valence-corrected chi connectivity index (χ4v) is 5.15. The zero-order chi connectivity index (χ0) is 25.4. The summed E-state index contributed by atoms with van der Waals surface area (Å²) in [5.41, 5.74) is -1.62. The number of alkyl halides is 3. The van der Waals surface area contributed by atoms with E-state index in [9.17, 15) is 35.3 Å². The number of carbonyl (C=O) groups is 1. The number of nitrogens with one attached hydrogen (secondary N) is 1. The average Bonchev–Trinajstić information content (AvgIpc) is 3.26. The maximum absolute atomic E-state index is 14.4. The molecule has 3 heterocycles. The van der Waals surface area contributed by atoms with E-state index in [0.29, 0.717) is 25.0 Å². The molecule has 8 nitrogen and oxygen atoms in total. The molecule has 1 fully saturated rings. The average molecular weight is 553 g/mol. The summed E-state index contributed by atoms with van der Waals surface area (Å²) in [7, 11) is -4.33. The molecule has 3 aromatic rings. The van der Waals surface area contributed by atoms with Gasteiger partial charge in [0.1, 0.15) is 11.6 Å². The van der Waals surface area contributed by atoms with Gasteiger partial charge in [-0.2, -0.15) is 13.2 Å². The number of carbonyl (C=O) groups excluding carboxylic acids is 1. The number of piperidine rings is 1. The second-order valence-electron chi connectivity index (χ2n) is 7.74. The maximum atomic E-state index is 14.4. The molecular weight excluding hydrogens is 535 g/mol. The van der Waals surface area contributed by atoms with E-state index in [1.165, 1.54) is 23.7 Å². The Bertz CT molecular complexity index is 1340. The number of amides is 1. The van der Waals surface area contributed by atoms with Gasteiger partial charge in [0.25, 0.3) is 5.91 Å². The zero-order valence-corrected chi connectivity index (χ0v) is 22.4. The Morgan fingerprint density at radius 1 is 1.17 bits per heavy atom. The van der Waals surface area contributed by atoms with Gasteiger partial charge in [0.2, 0.25) is 0 Å². The molecule has 1 aromatic carbocycles. The van der Waals surface area contributed by atoms with Crippen LogP contribution in [0.15, 0.2) is 41.9 Å². The van der Waals surface area contributed by atoms with Crippen molar-refractivity contribution in [3.63, 3.8) is 0 Å². The second kappa shape index (κ2) is 11.1. The summed E-state index contributed by atoms with van der Waals surface area (Å²) in [5, 5.41) is 2.98. The second-order valence-corrected chi connectivity index (χ2v) is 10.3. The number of aromatic nitrogens is 2. The third-order valence-corrected chi connectivity index (χ3v) is 7.53. The number of hydrogen-bond acceptors (Lipinski definition) is 8. The molecule has 0 unspecified atom stereocenters. The summed E-state index contributed by atoms with van der Waals surface area (Å²) < 4.78 is 86.7. The molecule has 0 saturated carbocycles. The molecule has 0 bridgehead atoms. The largest absolute Gasteiger partial charge is 1.00 e. The maximum Gasteiger partial charge on any atom is 1.00 e. The Labute approximate surface area is 229 Å².